The van der Waals surface area contributed by atoms with Gasteiger partial charge in [-0.1, -0.05) is 35.9 Å². The zero-order valence-corrected chi connectivity index (χ0v) is 17.2. The summed E-state index contributed by atoms with van der Waals surface area (Å²) in [6.07, 6.45) is 1.82. The molecule has 2 aliphatic heterocycles. The second kappa shape index (κ2) is 8.49. The molecule has 0 bridgehead atoms. The summed E-state index contributed by atoms with van der Waals surface area (Å²) in [6.45, 7) is 0.335. The van der Waals surface area contributed by atoms with Crippen molar-refractivity contribution in [2.24, 2.45) is 0 Å². The van der Waals surface area contributed by atoms with Crippen molar-refractivity contribution >= 4 is 41.2 Å². The molecule has 0 radical (unpaired) electrons. The Hall–Kier alpha value is -2.84. The van der Waals surface area contributed by atoms with Gasteiger partial charge in [0.15, 0.2) is 0 Å². The maximum Gasteiger partial charge on any atom is 0.324 e. The van der Waals surface area contributed by atoms with Crippen molar-refractivity contribution in [2.45, 2.75) is 24.4 Å². The molecule has 1 saturated heterocycles. The maximum atomic E-state index is 13.2. The summed E-state index contributed by atoms with van der Waals surface area (Å²) in [5.74, 6) is -1.04. The van der Waals surface area contributed by atoms with Crippen LogP contribution in [0.5, 0.6) is 0 Å². The summed E-state index contributed by atoms with van der Waals surface area (Å²) in [4.78, 5) is 38.3. The van der Waals surface area contributed by atoms with Crippen LogP contribution in [0.2, 0.25) is 5.02 Å². The average Bonchev–Trinajstić information content (AvgIpc) is 3.20. The molecule has 2 unspecified atom stereocenters. The minimum absolute atomic E-state index is 0.000467. The number of carbonyl (C=O) groups excluding carboxylic acids is 3. The van der Waals surface area contributed by atoms with E-state index in [0.29, 0.717) is 11.1 Å². The normalized spacial score (nSPS) is 20.1. The van der Waals surface area contributed by atoms with Gasteiger partial charge in [-0.3, -0.25) is 14.5 Å². The summed E-state index contributed by atoms with van der Waals surface area (Å²) < 4.78 is 13.2. The van der Waals surface area contributed by atoms with Crippen molar-refractivity contribution in [1.82, 2.24) is 15.5 Å². The van der Waals surface area contributed by atoms with Crippen LogP contribution in [0.3, 0.4) is 0 Å². The Morgan fingerprint density at radius 3 is 2.63 bits per heavy atom. The predicted octanol–water partition coefficient (Wildman–Crippen LogP) is 3.46. The fraction of sp³-hybridized carbons (Fsp3) is 0.190. The summed E-state index contributed by atoms with van der Waals surface area (Å²) in [7, 11) is 0. The number of imide groups is 1. The van der Waals surface area contributed by atoms with Gasteiger partial charge in [-0.05, 0) is 40.8 Å². The highest BCUT2D eigenvalue weighted by molar-refractivity contribution is 8.03. The smallest absolute Gasteiger partial charge is 0.324 e. The Labute approximate surface area is 181 Å². The highest BCUT2D eigenvalue weighted by Gasteiger charge is 2.41. The van der Waals surface area contributed by atoms with Gasteiger partial charge in [0, 0.05) is 12.1 Å². The van der Waals surface area contributed by atoms with E-state index in [1.165, 1.54) is 28.8 Å². The summed E-state index contributed by atoms with van der Waals surface area (Å²) in [6, 6.07) is 10.2. The highest BCUT2D eigenvalue weighted by atomic mass is 35.5. The number of halogens is 2. The van der Waals surface area contributed by atoms with Crippen LogP contribution in [0.1, 0.15) is 21.5 Å². The number of hydrogen-bond donors (Lipinski definition) is 2. The largest absolute Gasteiger partial charge is 0.348 e. The number of thioether (sulfide) groups is 1. The zero-order valence-electron chi connectivity index (χ0n) is 15.6. The van der Waals surface area contributed by atoms with Crippen molar-refractivity contribution < 1.29 is 18.8 Å². The van der Waals surface area contributed by atoms with E-state index in [0.717, 1.165) is 5.56 Å². The number of fused-ring (bicyclic) bond motifs is 1. The number of carbonyl (C=O) groups is 3. The molecule has 6 nitrogen and oxygen atoms in total. The van der Waals surface area contributed by atoms with Crippen LogP contribution in [0.25, 0.3) is 0 Å². The van der Waals surface area contributed by atoms with Gasteiger partial charge in [0.1, 0.15) is 11.1 Å². The molecule has 4 amide bonds. The number of nitrogens with zero attached hydrogens (tertiary/aromatic N) is 1. The lowest BCUT2D eigenvalue weighted by Crippen LogP contribution is -2.59. The lowest BCUT2D eigenvalue weighted by Gasteiger charge is -2.33. The molecular formula is C21H17ClFN3O3S. The first kappa shape index (κ1) is 20.4. The number of rotatable bonds is 5. The van der Waals surface area contributed by atoms with Crippen LogP contribution in [-0.2, 0) is 17.9 Å². The molecule has 4 rings (SSSR count). The number of benzene rings is 2. The average molecular weight is 446 g/mol. The molecule has 0 aliphatic carbocycles. The van der Waals surface area contributed by atoms with Crippen LogP contribution in [0.4, 0.5) is 9.18 Å². The number of hydrogen-bond acceptors (Lipinski definition) is 4. The van der Waals surface area contributed by atoms with Crippen LogP contribution in [0.15, 0.2) is 53.9 Å². The molecule has 9 heteroatoms. The Morgan fingerprint density at radius 2 is 1.90 bits per heavy atom. The van der Waals surface area contributed by atoms with Crippen molar-refractivity contribution in [3.05, 3.63) is 81.5 Å². The second-order valence-corrected chi connectivity index (χ2v) is 8.37. The van der Waals surface area contributed by atoms with Gasteiger partial charge >= 0.3 is 6.03 Å². The molecule has 2 aromatic rings. The van der Waals surface area contributed by atoms with Crippen LogP contribution in [-0.4, -0.2) is 34.0 Å². The van der Waals surface area contributed by atoms with Crippen molar-refractivity contribution in [2.75, 3.05) is 0 Å². The van der Waals surface area contributed by atoms with E-state index in [4.69, 9.17) is 11.6 Å². The van der Waals surface area contributed by atoms with Gasteiger partial charge < -0.3 is 10.6 Å². The Balaban J connectivity index is 1.36. The topological polar surface area (TPSA) is 78.5 Å². The summed E-state index contributed by atoms with van der Waals surface area (Å²) >= 11 is 7.14. The Morgan fingerprint density at radius 1 is 1.17 bits per heavy atom. The number of nitrogens with one attached hydrogen (secondary N) is 2. The minimum Gasteiger partial charge on any atom is -0.348 e. The summed E-state index contributed by atoms with van der Waals surface area (Å²) in [5, 5.41) is 7.05. The monoisotopic (exact) mass is 445 g/mol. The van der Waals surface area contributed by atoms with E-state index in [1.807, 2.05) is 11.5 Å². The SMILES string of the molecule is O=C(NCc1ccc(F)c(Cl)c1)c1ccc(CN2C(=O)NC3C=CSC3C2=O)cc1. The Kier molecular flexibility index (Phi) is 5.78. The molecule has 1 fully saturated rings. The predicted molar refractivity (Wildman–Crippen MR) is 112 cm³/mol. The maximum absolute atomic E-state index is 13.2. The minimum atomic E-state index is -0.512. The molecule has 0 saturated carbocycles. The van der Waals surface area contributed by atoms with Crippen LogP contribution >= 0.6 is 23.4 Å². The van der Waals surface area contributed by atoms with Gasteiger partial charge in [0.2, 0.25) is 5.91 Å². The van der Waals surface area contributed by atoms with Crippen molar-refractivity contribution in [1.29, 1.82) is 0 Å². The standard InChI is InChI=1S/C21H17ClFN3O3S/c22-15-9-13(3-6-16(15)23)10-24-19(27)14-4-1-12(2-5-14)11-26-20(28)18-17(7-8-30-18)25-21(26)29/h1-9,17-18H,10-11H2,(H,24,27)(H,25,29). The van der Waals surface area contributed by atoms with E-state index in [2.05, 4.69) is 10.6 Å². The molecule has 2 N–H and O–H groups in total. The number of urea groups is 1. The molecule has 2 aliphatic rings. The third-order valence-electron chi connectivity index (χ3n) is 4.88. The molecular weight excluding hydrogens is 429 g/mol. The molecule has 2 atom stereocenters. The first-order valence-electron chi connectivity index (χ1n) is 9.17. The van der Waals surface area contributed by atoms with Gasteiger partial charge in [0.05, 0.1) is 17.6 Å². The van der Waals surface area contributed by atoms with Gasteiger partial charge in [0.25, 0.3) is 5.91 Å². The third kappa shape index (κ3) is 4.20. The van der Waals surface area contributed by atoms with Gasteiger partial charge in [-0.2, -0.15) is 0 Å². The lowest BCUT2D eigenvalue weighted by atomic mass is 10.1. The van der Waals surface area contributed by atoms with E-state index in [1.54, 1.807) is 30.3 Å². The molecule has 30 heavy (non-hydrogen) atoms. The summed E-state index contributed by atoms with van der Waals surface area (Å²) in [5.41, 5.74) is 1.84. The molecule has 0 spiro atoms. The lowest BCUT2D eigenvalue weighted by molar-refractivity contribution is -0.129. The quantitative estimate of drug-likeness (QED) is 0.738. The molecule has 154 valence electrons. The van der Waals surface area contributed by atoms with Crippen molar-refractivity contribution in [3.8, 4) is 0 Å². The fourth-order valence-corrected chi connectivity index (χ4v) is 4.44. The third-order valence-corrected chi connectivity index (χ3v) is 6.27. The van der Waals surface area contributed by atoms with Crippen molar-refractivity contribution in [3.63, 3.8) is 0 Å². The van der Waals surface area contributed by atoms with E-state index >= 15 is 0 Å². The van der Waals surface area contributed by atoms with Crippen LogP contribution in [0, 0.1) is 5.82 Å². The first-order chi connectivity index (χ1) is 14.4. The zero-order chi connectivity index (χ0) is 21.3. The van der Waals surface area contributed by atoms with Gasteiger partial charge in [-0.15, -0.1) is 11.8 Å². The van der Waals surface area contributed by atoms with E-state index < -0.39 is 11.8 Å². The highest BCUT2D eigenvalue weighted by Crippen LogP contribution is 2.30. The number of amides is 4. The van der Waals surface area contributed by atoms with Crippen LogP contribution < -0.4 is 10.6 Å². The first-order valence-corrected chi connectivity index (χ1v) is 10.5. The van der Waals surface area contributed by atoms with Gasteiger partial charge in [-0.25, -0.2) is 9.18 Å². The molecule has 0 aromatic heterocycles. The molecule has 2 aromatic carbocycles. The second-order valence-electron chi connectivity index (χ2n) is 6.91. The fourth-order valence-electron chi connectivity index (χ4n) is 3.24. The molecule has 2 heterocycles. The van der Waals surface area contributed by atoms with E-state index in [9.17, 15) is 18.8 Å². The van der Waals surface area contributed by atoms with E-state index in [-0.39, 0.29) is 41.2 Å². The Bertz CT molecular complexity index is 1040.